The van der Waals surface area contributed by atoms with Gasteiger partial charge in [0.1, 0.15) is 29.5 Å². The number of carbonyl (C=O) groups excluding carboxylic acids is 3. The zero-order valence-electron chi connectivity index (χ0n) is 38.8. The Balaban J connectivity index is 0.783. The molecule has 0 heterocycles. The lowest BCUT2D eigenvalue weighted by Crippen LogP contribution is -2.34. The molecule has 0 radical (unpaired) electrons. The van der Waals surface area contributed by atoms with Gasteiger partial charge >= 0.3 is 12.2 Å². The topological polar surface area (TPSA) is 208 Å². The first-order chi connectivity index (χ1) is 36.2. The number of azo groups is 2. The van der Waals surface area contributed by atoms with E-state index in [1.807, 2.05) is 36.4 Å². The van der Waals surface area contributed by atoms with E-state index in [0.717, 1.165) is 46.7 Å². The molecule has 19 heteroatoms. The van der Waals surface area contributed by atoms with Crippen molar-refractivity contribution in [2.45, 2.75) is 12.8 Å². The van der Waals surface area contributed by atoms with Crippen molar-refractivity contribution in [2.75, 3.05) is 10.8 Å². The molecule has 9 aromatic carbocycles. The quantitative estimate of drug-likeness (QED) is 0.0219. The van der Waals surface area contributed by atoms with Crippen molar-refractivity contribution in [2.24, 2.45) is 25.6 Å². The second kappa shape index (κ2) is 22.2. The van der Waals surface area contributed by atoms with Crippen LogP contribution < -0.4 is 16.1 Å². The summed E-state index contributed by atoms with van der Waals surface area (Å²) in [6.07, 6.45) is -3.49. The third-order valence-corrected chi connectivity index (χ3v) is 11.6. The number of fused-ring (bicyclic) bond motifs is 2. The number of urea groups is 1. The van der Waals surface area contributed by atoms with Crippen molar-refractivity contribution in [3.63, 3.8) is 0 Å². The maximum atomic E-state index is 13.5. The summed E-state index contributed by atoms with van der Waals surface area (Å²) in [7, 11) is 0. The number of carbonyl (C=O) groups is 3. The number of aromatic hydroxyl groups is 2. The molecular formula is C56H38ClF3N8O7. The lowest BCUT2D eigenvalue weighted by molar-refractivity contribution is -0.137. The van der Waals surface area contributed by atoms with Crippen molar-refractivity contribution >= 4 is 91.4 Å². The normalized spacial score (nSPS) is 11.6. The van der Waals surface area contributed by atoms with Crippen LogP contribution in [0.5, 0.6) is 11.5 Å². The van der Waals surface area contributed by atoms with Crippen molar-refractivity contribution in [1.29, 1.82) is 0 Å². The largest absolute Gasteiger partial charge is 0.506 e. The minimum absolute atomic E-state index is 0.0544. The van der Waals surface area contributed by atoms with Gasteiger partial charge in [0.2, 0.25) is 6.40 Å². The molecule has 9 rings (SSSR count). The third kappa shape index (κ3) is 12.4. The third-order valence-electron chi connectivity index (χ3n) is 11.4. The standard InChI is InChI=1S/C56H38ClF3N8O7/c57-42-4-2-6-46(30-42)68-75-32-61-74-31-33-7-23-47-38(27-33)17-25-49(69)51(47)66-65-44-21-14-37(15-22-44)53(71)36-10-8-34(9-11-36)35-12-19-43(20-13-35)64-67-52-48-24-16-40(28-39(48)18-26-50(52)70)54(72)63-55(73)62-45-5-1-3-41(29-45)56(58,59)60/h1-30,32,68-70H,31H2,(H2,62,63,72,73)/b61-32+,66-65?,67-64?. The van der Waals surface area contributed by atoms with E-state index < -0.39 is 23.7 Å². The number of hydrogen-bond acceptors (Lipinski definition) is 13. The molecule has 0 saturated heterocycles. The molecular weight excluding hydrogens is 989 g/mol. The van der Waals surface area contributed by atoms with Crippen LogP contribution in [0.25, 0.3) is 32.7 Å². The first-order valence-corrected chi connectivity index (χ1v) is 22.9. The van der Waals surface area contributed by atoms with Gasteiger partial charge in [0.15, 0.2) is 5.78 Å². The maximum Gasteiger partial charge on any atom is 0.416 e. The summed E-state index contributed by atoms with van der Waals surface area (Å²) in [6.45, 7) is 0.155. The van der Waals surface area contributed by atoms with E-state index in [4.69, 9.17) is 21.3 Å². The number of ketones is 1. The van der Waals surface area contributed by atoms with E-state index in [1.165, 1.54) is 36.4 Å². The van der Waals surface area contributed by atoms with E-state index in [-0.39, 0.29) is 46.5 Å². The number of phenolic OH excluding ortho intramolecular Hbond substituents is 2. The van der Waals surface area contributed by atoms with Gasteiger partial charge in [0.05, 0.1) is 22.6 Å². The van der Waals surface area contributed by atoms with Gasteiger partial charge in [-0.05, 0) is 131 Å². The fourth-order valence-corrected chi connectivity index (χ4v) is 7.80. The van der Waals surface area contributed by atoms with Crippen molar-refractivity contribution in [3.8, 4) is 22.6 Å². The van der Waals surface area contributed by atoms with Crippen molar-refractivity contribution < 1.29 is 47.4 Å². The van der Waals surface area contributed by atoms with Gasteiger partial charge in [-0.15, -0.1) is 10.2 Å². The molecule has 0 fully saturated rings. The Morgan fingerprint density at radius 3 is 1.79 bits per heavy atom. The predicted octanol–water partition coefficient (Wildman–Crippen LogP) is 15.3. The molecule has 3 amide bonds. The first kappa shape index (κ1) is 50.0. The van der Waals surface area contributed by atoms with E-state index in [0.29, 0.717) is 49.4 Å². The number of nitrogens with zero attached hydrogens (tertiary/aromatic N) is 5. The van der Waals surface area contributed by atoms with Crippen LogP contribution in [0.15, 0.2) is 208 Å². The molecule has 0 aliphatic heterocycles. The van der Waals surface area contributed by atoms with Crippen LogP contribution in [0.4, 0.5) is 52.1 Å². The molecule has 0 aromatic heterocycles. The Bertz CT molecular complexity index is 3710. The van der Waals surface area contributed by atoms with E-state index in [1.54, 1.807) is 91.0 Å². The Morgan fingerprint density at radius 2 is 1.15 bits per heavy atom. The lowest BCUT2D eigenvalue weighted by Gasteiger charge is -2.11. The summed E-state index contributed by atoms with van der Waals surface area (Å²) in [5.41, 5.74) is 7.03. The second-order valence-corrected chi connectivity index (χ2v) is 16.9. The van der Waals surface area contributed by atoms with Gasteiger partial charge in [0.25, 0.3) is 5.91 Å². The van der Waals surface area contributed by atoms with Crippen LogP contribution in [-0.4, -0.2) is 34.3 Å². The zero-order chi connectivity index (χ0) is 52.5. The Kier molecular flexibility index (Phi) is 14.8. The average Bonchev–Trinajstić information content (AvgIpc) is 3.41. The second-order valence-electron chi connectivity index (χ2n) is 16.5. The van der Waals surface area contributed by atoms with Gasteiger partial charge in [-0.3, -0.25) is 14.9 Å². The number of rotatable bonds is 15. The van der Waals surface area contributed by atoms with Crippen LogP contribution >= 0.6 is 11.6 Å². The number of phenols is 2. The molecule has 0 unspecified atom stereocenters. The summed E-state index contributed by atoms with van der Waals surface area (Å²) in [4.78, 5) is 49.3. The number of amides is 3. The average molecular weight is 1030 g/mol. The molecule has 372 valence electrons. The minimum Gasteiger partial charge on any atom is -0.506 e. The molecule has 5 N–H and O–H groups in total. The van der Waals surface area contributed by atoms with Crippen LogP contribution in [0.2, 0.25) is 5.02 Å². The van der Waals surface area contributed by atoms with Gasteiger partial charge < -0.3 is 25.2 Å². The fourth-order valence-electron chi connectivity index (χ4n) is 7.61. The van der Waals surface area contributed by atoms with Crippen LogP contribution in [-0.2, 0) is 22.5 Å². The van der Waals surface area contributed by atoms with Gasteiger partial charge in [-0.25, -0.2) is 10.3 Å². The van der Waals surface area contributed by atoms with Crippen LogP contribution in [0, 0.1) is 0 Å². The Morgan fingerprint density at radius 1 is 0.587 bits per heavy atom. The molecule has 9 aromatic rings. The molecule has 0 aliphatic rings. The number of halogens is 4. The summed E-state index contributed by atoms with van der Waals surface area (Å²) in [6, 6.07) is 47.0. The molecule has 0 spiro atoms. The Hall–Kier alpha value is -9.94. The van der Waals surface area contributed by atoms with Gasteiger partial charge in [-0.1, -0.05) is 95.6 Å². The molecule has 0 aliphatic carbocycles. The van der Waals surface area contributed by atoms with Crippen LogP contribution in [0.3, 0.4) is 0 Å². The number of benzene rings is 9. The highest BCUT2D eigenvalue weighted by molar-refractivity contribution is 6.30. The highest BCUT2D eigenvalue weighted by Gasteiger charge is 2.30. The van der Waals surface area contributed by atoms with Gasteiger partial charge in [0, 0.05) is 38.2 Å². The minimum atomic E-state index is -4.61. The predicted molar refractivity (Wildman–Crippen MR) is 279 cm³/mol. The summed E-state index contributed by atoms with van der Waals surface area (Å²) >= 11 is 5.96. The molecule has 0 saturated carbocycles. The number of imide groups is 1. The molecule has 75 heavy (non-hydrogen) atoms. The summed E-state index contributed by atoms with van der Waals surface area (Å²) < 4.78 is 39.2. The SMILES string of the molecule is O=C(NC(=O)c1ccc2c(N=Nc3ccc(-c4ccc(C(=O)c5ccc(N=Nc6c(O)ccc7cc(CO/N=C/ONc8cccc(Cl)c8)ccc67)cc5)cc4)cc3)c(O)ccc2c1)Nc1cccc(C(F)(F)F)c1. The number of alkyl halides is 3. The van der Waals surface area contributed by atoms with E-state index in [9.17, 15) is 37.8 Å². The van der Waals surface area contributed by atoms with Crippen LogP contribution in [0.1, 0.15) is 37.4 Å². The summed E-state index contributed by atoms with van der Waals surface area (Å²) in [5.74, 6) is -1.24. The summed E-state index contributed by atoms with van der Waals surface area (Å²) in [5, 5.41) is 49.7. The first-order valence-electron chi connectivity index (χ1n) is 22.5. The van der Waals surface area contributed by atoms with Crippen molar-refractivity contribution in [1.82, 2.24) is 5.32 Å². The van der Waals surface area contributed by atoms with Crippen molar-refractivity contribution in [3.05, 3.63) is 215 Å². The number of hydrogen-bond donors (Lipinski definition) is 5. The number of anilines is 2. The maximum absolute atomic E-state index is 13.5. The highest BCUT2D eigenvalue weighted by Crippen LogP contribution is 2.39. The smallest absolute Gasteiger partial charge is 0.416 e. The fraction of sp³-hybridized carbons (Fsp3) is 0.0357. The number of oxime groups is 1. The van der Waals surface area contributed by atoms with E-state index in [2.05, 4.69) is 41.7 Å². The molecule has 0 bridgehead atoms. The molecule has 0 atom stereocenters. The molecule has 15 nitrogen and oxygen atoms in total. The zero-order valence-corrected chi connectivity index (χ0v) is 39.5. The van der Waals surface area contributed by atoms with E-state index >= 15 is 0 Å². The Labute approximate surface area is 429 Å². The lowest BCUT2D eigenvalue weighted by atomic mass is 9.99. The van der Waals surface area contributed by atoms with Gasteiger partial charge in [-0.2, -0.15) is 23.4 Å². The highest BCUT2D eigenvalue weighted by atomic mass is 35.5. The monoisotopic (exact) mass is 1030 g/mol. The number of nitrogens with one attached hydrogen (secondary N) is 3.